The van der Waals surface area contributed by atoms with Crippen molar-refractivity contribution in [2.24, 2.45) is 5.92 Å². The van der Waals surface area contributed by atoms with Crippen molar-refractivity contribution in [3.63, 3.8) is 0 Å². The Balaban J connectivity index is 2.20. The smallest absolute Gasteiger partial charge is 0.162 e. The van der Waals surface area contributed by atoms with Crippen molar-refractivity contribution in [1.29, 1.82) is 0 Å². The minimum absolute atomic E-state index is 0.236. The van der Waals surface area contributed by atoms with E-state index in [1.807, 2.05) is 4.68 Å². The average Bonchev–Trinajstić information content (AvgIpc) is 2.82. The van der Waals surface area contributed by atoms with Gasteiger partial charge in [-0.2, -0.15) is 5.10 Å². The SMILES string of the molecule is CCCn1ncc(OC)c1C(O)C1CCOCC1. The van der Waals surface area contributed by atoms with Gasteiger partial charge in [0.25, 0.3) is 0 Å². The van der Waals surface area contributed by atoms with Gasteiger partial charge in [0.1, 0.15) is 11.8 Å². The van der Waals surface area contributed by atoms with E-state index in [0.717, 1.165) is 44.7 Å². The Kier molecular flexibility index (Phi) is 4.60. The second-order valence-corrected chi connectivity index (χ2v) is 4.72. The number of hydrogen-bond donors (Lipinski definition) is 1. The van der Waals surface area contributed by atoms with E-state index in [-0.39, 0.29) is 5.92 Å². The predicted octanol–water partition coefficient (Wildman–Crippen LogP) is 1.76. The molecule has 5 heteroatoms. The number of aryl methyl sites for hydroxylation is 1. The highest BCUT2D eigenvalue weighted by Crippen LogP contribution is 2.34. The topological polar surface area (TPSA) is 56.5 Å². The van der Waals surface area contributed by atoms with Crippen LogP contribution in [0.2, 0.25) is 0 Å². The molecule has 18 heavy (non-hydrogen) atoms. The summed E-state index contributed by atoms with van der Waals surface area (Å²) in [5, 5.41) is 14.9. The second kappa shape index (κ2) is 6.20. The maximum absolute atomic E-state index is 10.6. The molecule has 1 unspecified atom stereocenters. The lowest BCUT2D eigenvalue weighted by Gasteiger charge is -2.27. The van der Waals surface area contributed by atoms with Crippen LogP contribution in [0.5, 0.6) is 5.75 Å². The minimum atomic E-state index is -0.516. The summed E-state index contributed by atoms with van der Waals surface area (Å²) in [4.78, 5) is 0. The summed E-state index contributed by atoms with van der Waals surface area (Å²) >= 11 is 0. The van der Waals surface area contributed by atoms with E-state index in [1.165, 1.54) is 0 Å². The van der Waals surface area contributed by atoms with Crippen molar-refractivity contribution in [1.82, 2.24) is 9.78 Å². The molecule has 0 bridgehead atoms. The number of hydrogen-bond acceptors (Lipinski definition) is 4. The fourth-order valence-electron chi connectivity index (χ4n) is 2.48. The molecule has 1 aliphatic heterocycles. The normalized spacial score (nSPS) is 18.8. The van der Waals surface area contributed by atoms with Gasteiger partial charge in [0, 0.05) is 19.8 Å². The number of aliphatic hydroxyl groups excluding tert-OH is 1. The maximum atomic E-state index is 10.6. The summed E-state index contributed by atoms with van der Waals surface area (Å²) in [7, 11) is 1.62. The molecule has 0 radical (unpaired) electrons. The van der Waals surface area contributed by atoms with Gasteiger partial charge in [-0.1, -0.05) is 6.92 Å². The van der Waals surface area contributed by atoms with Gasteiger partial charge in [0.05, 0.1) is 13.3 Å². The zero-order valence-electron chi connectivity index (χ0n) is 11.1. The van der Waals surface area contributed by atoms with Gasteiger partial charge in [-0.25, -0.2) is 0 Å². The van der Waals surface area contributed by atoms with Crippen LogP contribution in [0.3, 0.4) is 0 Å². The molecule has 102 valence electrons. The average molecular weight is 254 g/mol. The Morgan fingerprint density at radius 2 is 2.28 bits per heavy atom. The van der Waals surface area contributed by atoms with Crippen molar-refractivity contribution in [2.75, 3.05) is 20.3 Å². The number of methoxy groups -OCH3 is 1. The monoisotopic (exact) mass is 254 g/mol. The van der Waals surface area contributed by atoms with Gasteiger partial charge >= 0.3 is 0 Å². The van der Waals surface area contributed by atoms with Crippen LogP contribution in [0.1, 0.15) is 38.0 Å². The molecule has 1 atom stereocenters. The third kappa shape index (κ3) is 2.67. The van der Waals surface area contributed by atoms with E-state index in [4.69, 9.17) is 9.47 Å². The Bertz CT molecular complexity index is 372. The van der Waals surface area contributed by atoms with Gasteiger partial charge in [0.2, 0.25) is 0 Å². The molecule has 0 spiro atoms. The first kappa shape index (κ1) is 13.4. The largest absolute Gasteiger partial charge is 0.493 e. The van der Waals surface area contributed by atoms with Crippen molar-refractivity contribution in [3.8, 4) is 5.75 Å². The van der Waals surface area contributed by atoms with Crippen molar-refractivity contribution in [3.05, 3.63) is 11.9 Å². The quantitative estimate of drug-likeness (QED) is 0.870. The van der Waals surface area contributed by atoms with Gasteiger partial charge in [0.15, 0.2) is 5.75 Å². The van der Waals surface area contributed by atoms with E-state index in [9.17, 15) is 5.11 Å². The third-order valence-corrected chi connectivity index (χ3v) is 3.49. The molecule has 0 amide bonds. The van der Waals surface area contributed by atoms with Gasteiger partial charge in [-0.3, -0.25) is 4.68 Å². The molecule has 2 heterocycles. The van der Waals surface area contributed by atoms with Gasteiger partial charge in [-0.05, 0) is 25.2 Å². The maximum Gasteiger partial charge on any atom is 0.162 e. The van der Waals surface area contributed by atoms with Crippen LogP contribution in [-0.4, -0.2) is 35.2 Å². The number of aromatic nitrogens is 2. The van der Waals surface area contributed by atoms with Crippen LogP contribution in [-0.2, 0) is 11.3 Å². The van der Waals surface area contributed by atoms with E-state index in [2.05, 4.69) is 12.0 Å². The number of rotatable bonds is 5. The summed E-state index contributed by atoms with van der Waals surface area (Å²) in [5.41, 5.74) is 0.811. The standard InChI is InChI=1S/C13H22N2O3/c1-3-6-15-12(11(17-2)9-14-15)13(16)10-4-7-18-8-5-10/h9-10,13,16H,3-8H2,1-2H3. The van der Waals surface area contributed by atoms with Crippen LogP contribution in [0.25, 0.3) is 0 Å². The molecule has 0 aromatic carbocycles. The molecule has 1 saturated heterocycles. The highest BCUT2D eigenvalue weighted by atomic mass is 16.5. The third-order valence-electron chi connectivity index (χ3n) is 3.49. The van der Waals surface area contributed by atoms with Crippen molar-refractivity contribution in [2.45, 2.75) is 38.8 Å². The summed E-state index contributed by atoms with van der Waals surface area (Å²) in [5.74, 6) is 0.919. The zero-order chi connectivity index (χ0) is 13.0. The number of aliphatic hydroxyl groups is 1. The lowest BCUT2D eigenvalue weighted by Crippen LogP contribution is -2.24. The van der Waals surface area contributed by atoms with Crippen molar-refractivity contribution < 1.29 is 14.6 Å². The number of ether oxygens (including phenoxy) is 2. The molecule has 2 rings (SSSR count). The molecule has 1 aromatic rings. The lowest BCUT2D eigenvalue weighted by molar-refractivity contribution is 0.00291. The zero-order valence-corrected chi connectivity index (χ0v) is 11.1. The molecular weight excluding hydrogens is 232 g/mol. The Labute approximate surface area is 108 Å². The fraction of sp³-hybridized carbons (Fsp3) is 0.769. The summed E-state index contributed by atoms with van der Waals surface area (Å²) in [6, 6.07) is 0. The molecule has 1 fully saturated rings. The first-order valence-corrected chi connectivity index (χ1v) is 6.63. The first-order chi connectivity index (χ1) is 8.77. The Hall–Kier alpha value is -1.07. The summed E-state index contributed by atoms with van der Waals surface area (Å²) in [6.07, 6.45) is 3.94. The van der Waals surface area contributed by atoms with Crippen LogP contribution in [0, 0.1) is 5.92 Å². The fourth-order valence-corrected chi connectivity index (χ4v) is 2.48. The molecule has 1 N–H and O–H groups in total. The molecular formula is C13H22N2O3. The molecule has 0 saturated carbocycles. The summed E-state index contributed by atoms with van der Waals surface area (Å²) < 4.78 is 12.5. The molecule has 0 aliphatic carbocycles. The molecule has 1 aromatic heterocycles. The van der Waals surface area contributed by atoms with Crippen LogP contribution in [0.15, 0.2) is 6.20 Å². The van der Waals surface area contributed by atoms with Crippen LogP contribution in [0.4, 0.5) is 0 Å². The molecule has 1 aliphatic rings. The Morgan fingerprint density at radius 3 is 2.89 bits per heavy atom. The minimum Gasteiger partial charge on any atom is -0.493 e. The summed E-state index contributed by atoms with van der Waals surface area (Å²) in [6.45, 7) is 4.36. The highest BCUT2D eigenvalue weighted by molar-refractivity contribution is 5.27. The lowest BCUT2D eigenvalue weighted by atomic mass is 9.91. The van der Waals surface area contributed by atoms with Crippen molar-refractivity contribution >= 4 is 0 Å². The Morgan fingerprint density at radius 1 is 1.56 bits per heavy atom. The van der Waals surface area contributed by atoms with E-state index >= 15 is 0 Å². The first-order valence-electron chi connectivity index (χ1n) is 6.63. The van der Waals surface area contributed by atoms with Gasteiger partial charge in [-0.15, -0.1) is 0 Å². The molecule has 5 nitrogen and oxygen atoms in total. The predicted molar refractivity (Wildman–Crippen MR) is 67.6 cm³/mol. The second-order valence-electron chi connectivity index (χ2n) is 4.72. The van der Waals surface area contributed by atoms with E-state index in [0.29, 0.717) is 5.75 Å². The number of nitrogens with zero attached hydrogens (tertiary/aromatic N) is 2. The highest BCUT2D eigenvalue weighted by Gasteiger charge is 2.29. The van der Waals surface area contributed by atoms with E-state index in [1.54, 1.807) is 13.3 Å². The van der Waals surface area contributed by atoms with Crippen LogP contribution >= 0.6 is 0 Å². The van der Waals surface area contributed by atoms with Crippen LogP contribution < -0.4 is 4.74 Å². The van der Waals surface area contributed by atoms with E-state index < -0.39 is 6.10 Å². The van der Waals surface area contributed by atoms with Gasteiger partial charge < -0.3 is 14.6 Å².